The number of benzene rings is 1. The molecule has 3 heteroatoms. The summed E-state index contributed by atoms with van der Waals surface area (Å²) in [5, 5.41) is 2.92. The summed E-state index contributed by atoms with van der Waals surface area (Å²) in [6.07, 6.45) is 1.55. The maximum absolute atomic E-state index is 13.9. The minimum atomic E-state index is -0.165. The van der Waals surface area contributed by atoms with Crippen LogP contribution in [-0.2, 0) is 0 Å². The largest absolute Gasteiger partial charge is 0.351 e. The van der Waals surface area contributed by atoms with Gasteiger partial charge in [0.15, 0.2) is 0 Å². The summed E-state index contributed by atoms with van der Waals surface area (Å²) < 4.78 is 13.9. The molecule has 0 radical (unpaired) electrons. The van der Waals surface area contributed by atoms with Crippen molar-refractivity contribution in [3.05, 3.63) is 47.9 Å². The molecule has 0 aromatic heterocycles. The van der Waals surface area contributed by atoms with E-state index in [4.69, 9.17) is 0 Å². The van der Waals surface area contributed by atoms with Crippen LogP contribution in [0, 0.1) is 12.7 Å². The maximum Gasteiger partial charge on any atom is 0.130 e. The number of aliphatic imine (C=N–C) groups is 1. The Bertz CT molecular complexity index is 410. The van der Waals surface area contributed by atoms with Gasteiger partial charge < -0.3 is 5.32 Å². The highest BCUT2D eigenvalue weighted by Crippen LogP contribution is 2.21. The first-order chi connectivity index (χ1) is 7.61. The van der Waals surface area contributed by atoms with E-state index in [1.165, 1.54) is 0 Å². The van der Waals surface area contributed by atoms with Crippen LogP contribution in [-0.4, -0.2) is 12.9 Å². The van der Waals surface area contributed by atoms with Gasteiger partial charge >= 0.3 is 0 Å². The first-order valence-corrected chi connectivity index (χ1v) is 5.21. The van der Waals surface area contributed by atoms with Crippen LogP contribution < -0.4 is 5.32 Å². The third-order valence-electron chi connectivity index (χ3n) is 2.59. The van der Waals surface area contributed by atoms with Crippen molar-refractivity contribution in [2.24, 2.45) is 4.99 Å². The van der Waals surface area contributed by atoms with Gasteiger partial charge in [-0.25, -0.2) is 4.39 Å². The molecule has 0 heterocycles. The Morgan fingerprint density at radius 2 is 2.25 bits per heavy atom. The van der Waals surface area contributed by atoms with Crippen molar-refractivity contribution in [2.75, 3.05) is 7.05 Å². The summed E-state index contributed by atoms with van der Waals surface area (Å²) >= 11 is 0. The molecule has 16 heavy (non-hydrogen) atoms. The highest BCUT2D eigenvalue weighted by Gasteiger charge is 2.16. The lowest BCUT2D eigenvalue weighted by Gasteiger charge is -2.16. The molecule has 0 aliphatic heterocycles. The van der Waals surface area contributed by atoms with Crippen molar-refractivity contribution >= 4 is 5.84 Å². The van der Waals surface area contributed by atoms with E-state index in [1.54, 1.807) is 32.3 Å². The maximum atomic E-state index is 13.9. The minimum Gasteiger partial charge on any atom is -0.351 e. The van der Waals surface area contributed by atoms with Gasteiger partial charge in [0.05, 0.1) is 0 Å². The predicted molar refractivity (Wildman–Crippen MR) is 66.2 cm³/mol. The monoisotopic (exact) mass is 220 g/mol. The summed E-state index contributed by atoms with van der Waals surface area (Å²) in [7, 11) is 1.68. The predicted octanol–water partition coefficient (Wildman–Crippen LogP) is 3.00. The van der Waals surface area contributed by atoms with Gasteiger partial charge in [-0.15, -0.1) is 0 Å². The summed E-state index contributed by atoms with van der Waals surface area (Å²) in [5.41, 5.74) is 1.30. The van der Waals surface area contributed by atoms with Gasteiger partial charge in [-0.2, -0.15) is 0 Å². The van der Waals surface area contributed by atoms with Crippen molar-refractivity contribution < 1.29 is 4.39 Å². The van der Waals surface area contributed by atoms with Gasteiger partial charge in [-0.05, 0) is 24.3 Å². The SMILES string of the molecule is C=CNC(=NC)C(C)c1cccc(C)c1F. The Morgan fingerprint density at radius 1 is 1.56 bits per heavy atom. The fourth-order valence-electron chi connectivity index (χ4n) is 1.64. The summed E-state index contributed by atoms with van der Waals surface area (Å²) in [4.78, 5) is 4.09. The number of nitrogens with zero attached hydrogens (tertiary/aromatic N) is 1. The third kappa shape index (κ3) is 2.48. The molecule has 0 spiro atoms. The molecular weight excluding hydrogens is 203 g/mol. The lowest BCUT2D eigenvalue weighted by Crippen LogP contribution is -2.24. The van der Waals surface area contributed by atoms with E-state index in [9.17, 15) is 4.39 Å². The van der Waals surface area contributed by atoms with E-state index in [-0.39, 0.29) is 11.7 Å². The molecule has 0 saturated heterocycles. The second-order valence-corrected chi connectivity index (χ2v) is 3.66. The molecule has 0 bridgehead atoms. The van der Waals surface area contributed by atoms with Crippen molar-refractivity contribution in [3.8, 4) is 0 Å². The molecule has 1 rings (SSSR count). The number of halogens is 1. The van der Waals surface area contributed by atoms with E-state index in [0.717, 1.165) is 0 Å². The Kier molecular flexibility index (Phi) is 4.23. The van der Waals surface area contributed by atoms with E-state index in [2.05, 4.69) is 16.9 Å². The molecule has 1 atom stereocenters. The molecule has 86 valence electrons. The van der Waals surface area contributed by atoms with Gasteiger partial charge in [0.25, 0.3) is 0 Å². The smallest absolute Gasteiger partial charge is 0.130 e. The molecule has 1 aromatic carbocycles. The van der Waals surface area contributed by atoms with Crippen LogP contribution in [0.1, 0.15) is 24.0 Å². The fourth-order valence-corrected chi connectivity index (χ4v) is 1.64. The zero-order chi connectivity index (χ0) is 12.1. The van der Waals surface area contributed by atoms with Crippen molar-refractivity contribution in [1.29, 1.82) is 0 Å². The Balaban J connectivity index is 3.08. The van der Waals surface area contributed by atoms with Crippen molar-refractivity contribution in [2.45, 2.75) is 19.8 Å². The van der Waals surface area contributed by atoms with Gasteiger partial charge in [0.1, 0.15) is 11.7 Å². The second-order valence-electron chi connectivity index (χ2n) is 3.66. The number of hydrogen-bond acceptors (Lipinski definition) is 1. The summed E-state index contributed by atoms with van der Waals surface area (Å²) in [5.74, 6) is 0.435. The Labute approximate surface area is 95.9 Å². The average molecular weight is 220 g/mol. The molecule has 0 saturated carbocycles. The number of hydrogen-bond donors (Lipinski definition) is 1. The zero-order valence-corrected chi connectivity index (χ0v) is 9.92. The molecule has 0 aliphatic rings. The van der Waals surface area contributed by atoms with Gasteiger partial charge in [0, 0.05) is 13.0 Å². The first-order valence-electron chi connectivity index (χ1n) is 5.21. The van der Waals surface area contributed by atoms with Gasteiger partial charge in [-0.1, -0.05) is 31.7 Å². The van der Waals surface area contributed by atoms with Crippen LogP contribution >= 0.6 is 0 Å². The van der Waals surface area contributed by atoms with Crippen molar-refractivity contribution in [3.63, 3.8) is 0 Å². The minimum absolute atomic E-state index is 0.108. The number of aryl methyl sites for hydroxylation is 1. The van der Waals surface area contributed by atoms with E-state index in [0.29, 0.717) is 17.0 Å². The second kappa shape index (κ2) is 5.45. The molecule has 2 nitrogen and oxygen atoms in total. The lowest BCUT2D eigenvalue weighted by atomic mass is 9.97. The molecule has 1 N–H and O–H groups in total. The van der Waals surface area contributed by atoms with Crippen LogP contribution in [0.25, 0.3) is 0 Å². The van der Waals surface area contributed by atoms with E-state index < -0.39 is 0 Å². The lowest BCUT2D eigenvalue weighted by molar-refractivity contribution is 0.598. The van der Waals surface area contributed by atoms with E-state index >= 15 is 0 Å². The van der Waals surface area contributed by atoms with Crippen LogP contribution in [0.4, 0.5) is 4.39 Å². The Morgan fingerprint density at radius 3 is 2.81 bits per heavy atom. The molecule has 0 fully saturated rings. The highest BCUT2D eigenvalue weighted by molar-refractivity contribution is 5.89. The number of nitrogens with one attached hydrogen (secondary N) is 1. The molecule has 0 aliphatic carbocycles. The van der Waals surface area contributed by atoms with Crippen molar-refractivity contribution in [1.82, 2.24) is 5.32 Å². The summed E-state index contributed by atoms with van der Waals surface area (Å²) in [6, 6.07) is 5.39. The van der Waals surface area contributed by atoms with E-state index in [1.807, 2.05) is 13.0 Å². The van der Waals surface area contributed by atoms with Gasteiger partial charge in [0.2, 0.25) is 0 Å². The molecule has 1 unspecified atom stereocenters. The van der Waals surface area contributed by atoms with Crippen LogP contribution in [0.5, 0.6) is 0 Å². The Hall–Kier alpha value is -1.64. The van der Waals surface area contributed by atoms with Crippen LogP contribution in [0.3, 0.4) is 0 Å². The van der Waals surface area contributed by atoms with Gasteiger partial charge in [-0.3, -0.25) is 4.99 Å². The summed E-state index contributed by atoms with van der Waals surface area (Å²) in [6.45, 7) is 7.25. The topological polar surface area (TPSA) is 24.4 Å². The standard InChI is InChI=1S/C13H17FN2/c1-5-16-13(15-4)10(3)11-8-6-7-9(2)12(11)14/h5-8,10H,1H2,2-4H3,(H,15,16). The third-order valence-corrected chi connectivity index (χ3v) is 2.59. The number of amidine groups is 1. The first kappa shape index (κ1) is 12.4. The van der Waals surface area contributed by atoms with Crippen LogP contribution in [0.15, 0.2) is 36.0 Å². The average Bonchev–Trinajstić information content (AvgIpc) is 2.29. The highest BCUT2D eigenvalue weighted by atomic mass is 19.1. The zero-order valence-electron chi connectivity index (χ0n) is 9.92. The quantitative estimate of drug-likeness (QED) is 0.614. The molecular formula is C13H17FN2. The molecule has 1 aromatic rings. The normalized spacial score (nSPS) is 13.4. The number of rotatable bonds is 3. The fraction of sp³-hybridized carbons (Fsp3) is 0.308. The molecule has 0 amide bonds. The van der Waals surface area contributed by atoms with Crippen LogP contribution in [0.2, 0.25) is 0 Å².